The molecule has 0 saturated heterocycles. The molecule has 5 heteroatoms. The van der Waals surface area contributed by atoms with Crippen molar-refractivity contribution in [3.63, 3.8) is 0 Å². The molecule has 0 radical (unpaired) electrons. The van der Waals surface area contributed by atoms with Gasteiger partial charge in [-0.15, -0.1) is 11.3 Å². The van der Waals surface area contributed by atoms with Gasteiger partial charge in [0, 0.05) is 11.3 Å². The number of aromatic nitrogens is 1. The number of carbonyl (C=O) groups is 1. The number of carbonyl (C=O) groups excluding carboxylic acids is 1. The number of nitrogens with one attached hydrogen (secondary N) is 1. The average molecular weight is 467 g/mol. The molecule has 33 heavy (non-hydrogen) atoms. The second-order valence-corrected chi connectivity index (χ2v) is 11.3. The van der Waals surface area contributed by atoms with E-state index >= 15 is 0 Å². The lowest BCUT2D eigenvalue weighted by atomic mass is 9.76. The zero-order chi connectivity index (χ0) is 24.4. The number of hydrogen-bond donors (Lipinski definition) is 1. The Bertz CT molecular complexity index is 1130. The first-order chi connectivity index (χ1) is 15.5. The summed E-state index contributed by atoms with van der Waals surface area (Å²) in [5.41, 5.74) is 4.23. The van der Waals surface area contributed by atoms with Crippen molar-refractivity contribution < 1.29 is 9.53 Å². The van der Waals surface area contributed by atoms with Crippen LogP contribution in [0, 0.1) is 6.92 Å². The lowest BCUT2D eigenvalue weighted by Crippen LogP contribution is -2.33. The fourth-order valence-electron chi connectivity index (χ4n) is 3.79. The molecule has 1 heterocycles. The second-order valence-electron chi connectivity index (χ2n) is 10.1. The van der Waals surface area contributed by atoms with Gasteiger partial charge in [0.25, 0.3) is 5.91 Å². The van der Waals surface area contributed by atoms with E-state index < -0.39 is 6.10 Å². The minimum atomic E-state index is -0.569. The van der Waals surface area contributed by atoms with Crippen LogP contribution in [0.3, 0.4) is 0 Å². The maximum atomic E-state index is 13.1. The molecule has 0 saturated carbocycles. The number of ether oxygens (including phenoxy) is 1. The monoisotopic (exact) mass is 466 g/mol. The molecule has 4 nitrogen and oxygen atoms in total. The van der Waals surface area contributed by atoms with E-state index in [0.29, 0.717) is 6.42 Å². The van der Waals surface area contributed by atoms with Gasteiger partial charge in [-0.05, 0) is 66.8 Å². The number of nitrogens with zero attached hydrogens (tertiary/aromatic N) is 1. The van der Waals surface area contributed by atoms with E-state index in [9.17, 15) is 4.79 Å². The molecule has 0 bridgehead atoms. The number of thiazole rings is 1. The fourth-order valence-corrected chi connectivity index (χ4v) is 4.66. The van der Waals surface area contributed by atoms with Crippen molar-refractivity contribution in [3.05, 3.63) is 52.5 Å². The summed E-state index contributed by atoms with van der Waals surface area (Å²) in [5, 5.41) is 4.06. The molecular weight excluding hydrogens is 428 g/mol. The quantitative estimate of drug-likeness (QED) is 0.350. The van der Waals surface area contributed by atoms with E-state index in [-0.39, 0.29) is 16.7 Å². The Balaban J connectivity index is 1.87. The van der Waals surface area contributed by atoms with E-state index in [1.807, 2.05) is 32.0 Å². The smallest absolute Gasteiger partial charge is 0.265 e. The van der Waals surface area contributed by atoms with E-state index in [1.165, 1.54) is 5.56 Å². The molecular formula is C28H38N2O2S. The van der Waals surface area contributed by atoms with Crippen LogP contribution in [0.2, 0.25) is 0 Å². The Morgan fingerprint density at radius 3 is 2.36 bits per heavy atom. The zero-order valence-corrected chi connectivity index (χ0v) is 22.2. The summed E-state index contributed by atoms with van der Waals surface area (Å²) >= 11 is 1.63. The molecule has 0 fully saturated rings. The molecule has 1 N–H and O–H groups in total. The SMILES string of the molecule is CCC(Oc1ccc(C(C)(C)CC)cc1C(C)(C)CC)C(=O)Nc1ccc2nc(C)sc2c1. The van der Waals surface area contributed by atoms with Crippen molar-refractivity contribution in [1.29, 1.82) is 0 Å². The minimum Gasteiger partial charge on any atom is -0.480 e. The standard InChI is InChI=1S/C28H38N2O2S/c1-9-23(26(31)30-20-13-14-22-25(17-20)33-18(4)29-22)32-24-15-12-19(27(5,6)10-2)16-21(24)28(7,8)11-3/h12-17,23H,9-11H2,1-8H3,(H,30,31). The van der Waals surface area contributed by atoms with Gasteiger partial charge >= 0.3 is 0 Å². The highest BCUT2D eigenvalue weighted by molar-refractivity contribution is 7.18. The highest BCUT2D eigenvalue weighted by Gasteiger charge is 2.29. The van der Waals surface area contributed by atoms with Crippen LogP contribution in [-0.2, 0) is 15.6 Å². The molecule has 0 aliphatic carbocycles. The normalized spacial score (nSPS) is 13.2. The minimum absolute atomic E-state index is 0.0565. The van der Waals surface area contributed by atoms with Crippen LogP contribution < -0.4 is 10.1 Å². The molecule has 1 amide bonds. The summed E-state index contributed by atoms with van der Waals surface area (Å²) in [5.74, 6) is 0.671. The van der Waals surface area contributed by atoms with E-state index in [4.69, 9.17) is 4.74 Å². The van der Waals surface area contributed by atoms with Gasteiger partial charge in [-0.1, -0.05) is 60.6 Å². The van der Waals surface area contributed by atoms with Crippen molar-refractivity contribution in [2.75, 3.05) is 5.32 Å². The van der Waals surface area contributed by atoms with Gasteiger partial charge in [0.2, 0.25) is 0 Å². The molecule has 0 spiro atoms. The van der Waals surface area contributed by atoms with E-state index in [1.54, 1.807) is 11.3 Å². The third-order valence-corrected chi connectivity index (χ3v) is 7.89. The van der Waals surface area contributed by atoms with Crippen LogP contribution in [0.5, 0.6) is 5.75 Å². The van der Waals surface area contributed by atoms with Crippen molar-refractivity contribution in [1.82, 2.24) is 4.98 Å². The van der Waals surface area contributed by atoms with Gasteiger partial charge in [0.1, 0.15) is 5.75 Å². The third kappa shape index (κ3) is 5.57. The van der Waals surface area contributed by atoms with Crippen molar-refractivity contribution >= 4 is 33.1 Å². The Morgan fingerprint density at radius 1 is 1.03 bits per heavy atom. The fraction of sp³-hybridized carbons (Fsp3) is 0.500. The summed E-state index contributed by atoms with van der Waals surface area (Å²) < 4.78 is 7.46. The maximum Gasteiger partial charge on any atom is 0.265 e. The number of aryl methyl sites for hydroxylation is 1. The molecule has 1 atom stereocenters. The van der Waals surface area contributed by atoms with Gasteiger partial charge in [-0.2, -0.15) is 0 Å². The predicted octanol–water partition coefficient (Wildman–Crippen LogP) is 7.78. The van der Waals surface area contributed by atoms with Crippen molar-refractivity contribution in [3.8, 4) is 5.75 Å². The van der Waals surface area contributed by atoms with Gasteiger partial charge < -0.3 is 10.1 Å². The average Bonchev–Trinajstić information content (AvgIpc) is 3.16. The lowest BCUT2D eigenvalue weighted by molar-refractivity contribution is -0.122. The summed E-state index contributed by atoms with van der Waals surface area (Å²) in [4.78, 5) is 17.6. The molecule has 0 aliphatic heterocycles. The van der Waals surface area contributed by atoms with Crippen LogP contribution >= 0.6 is 11.3 Å². The van der Waals surface area contributed by atoms with Crippen LogP contribution in [0.1, 0.15) is 83.9 Å². The van der Waals surface area contributed by atoms with Crippen LogP contribution in [0.15, 0.2) is 36.4 Å². The topological polar surface area (TPSA) is 51.2 Å². The predicted molar refractivity (Wildman–Crippen MR) is 141 cm³/mol. The molecule has 1 unspecified atom stereocenters. The molecule has 3 rings (SSSR count). The van der Waals surface area contributed by atoms with Gasteiger partial charge in [-0.3, -0.25) is 4.79 Å². The number of benzene rings is 2. The van der Waals surface area contributed by atoms with Gasteiger partial charge in [0.05, 0.1) is 15.2 Å². The van der Waals surface area contributed by atoms with Crippen LogP contribution in [-0.4, -0.2) is 17.0 Å². The van der Waals surface area contributed by atoms with Gasteiger partial charge in [0.15, 0.2) is 6.10 Å². The lowest BCUT2D eigenvalue weighted by Gasteiger charge is -2.31. The van der Waals surface area contributed by atoms with E-state index in [2.05, 4.69) is 70.0 Å². The Labute approximate surface area is 202 Å². The number of anilines is 1. The van der Waals surface area contributed by atoms with Gasteiger partial charge in [-0.25, -0.2) is 4.98 Å². The first-order valence-electron chi connectivity index (χ1n) is 12.0. The summed E-state index contributed by atoms with van der Waals surface area (Å²) in [7, 11) is 0. The van der Waals surface area contributed by atoms with Crippen molar-refractivity contribution in [2.24, 2.45) is 0 Å². The number of fused-ring (bicyclic) bond motifs is 1. The van der Waals surface area contributed by atoms with Crippen LogP contribution in [0.25, 0.3) is 10.2 Å². The van der Waals surface area contributed by atoms with Crippen molar-refractivity contribution in [2.45, 2.75) is 91.6 Å². The molecule has 0 aliphatic rings. The largest absolute Gasteiger partial charge is 0.480 e. The summed E-state index contributed by atoms with van der Waals surface area (Å²) in [6.45, 7) is 17.4. The number of rotatable bonds is 9. The third-order valence-electron chi connectivity index (χ3n) is 6.95. The highest BCUT2D eigenvalue weighted by Crippen LogP contribution is 2.39. The molecule has 2 aromatic carbocycles. The Morgan fingerprint density at radius 2 is 1.73 bits per heavy atom. The molecule has 1 aromatic heterocycles. The Kier molecular flexibility index (Phi) is 7.52. The zero-order valence-electron chi connectivity index (χ0n) is 21.3. The number of hydrogen-bond acceptors (Lipinski definition) is 4. The summed E-state index contributed by atoms with van der Waals surface area (Å²) in [6, 6.07) is 12.3. The Hall–Kier alpha value is -2.40. The maximum absolute atomic E-state index is 13.1. The first kappa shape index (κ1) is 25.2. The number of amides is 1. The summed E-state index contributed by atoms with van der Waals surface area (Å²) in [6.07, 6.45) is 2.06. The highest BCUT2D eigenvalue weighted by atomic mass is 32.1. The van der Waals surface area contributed by atoms with Crippen LogP contribution in [0.4, 0.5) is 5.69 Å². The molecule has 3 aromatic rings. The second kappa shape index (κ2) is 9.84. The molecule has 178 valence electrons. The van der Waals surface area contributed by atoms with E-state index in [0.717, 1.165) is 45.1 Å². The first-order valence-corrected chi connectivity index (χ1v) is 12.8.